The molecule has 0 aliphatic heterocycles. The number of hydrogen-bond acceptors (Lipinski definition) is 4. The van der Waals surface area contributed by atoms with Crippen molar-refractivity contribution in [1.82, 2.24) is 10.2 Å². The van der Waals surface area contributed by atoms with Crippen molar-refractivity contribution in [1.29, 1.82) is 0 Å². The van der Waals surface area contributed by atoms with Crippen LogP contribution >= 0.6 is 22.7 Å². The van der Waals surface area contributed by atoms with Crippen LogP contribution in [0, 0.1) is 12.7 Å². The van der Waals surface area contributed by atoms with Gasteiger partial charge in [0.1, 0.15) is 11.9 Å². The van der Waals surface area contributed by atoms with Gasteiger partial charge in [0.2, 0.25) is 11.8 Å². The molecule has 1 aliphatic rings. The molecule has 0 saturated heterocycles. The molecule has 0 radical (unpaired) electrons. The Balaban J connectivity index is 1.67. The molecule has 1 atom stereocenters. The smallest absolute Gasteiger partial charge is 0.248 e. The highest BCUT2D eigenvalue weighted by molar-refractivity contribution is 7.10. The lowest BCUT2D eigenvalue weighted by molar-refractivity contribution is -0.141. The van der Waals surface area contributed by atoms with E-state index in [1.54, 1.807) is 17.0 Å². The van der Waals surface area contributed by atoms with Gasteiger partial charge < -0.3 is 10.2 Å². The van der Waals surface area contributed by atoms with Gasteiger partial charge in [-0.05, 0) is 65.9 Å². The molecule has 33 heavy (non-hydrogen) atoms. The molecular formula is C26H29FN2O2S2. The third kappa shape index (κ3) is 6.09. The maximum atomic E-state index is 13.7. The van der Waals surface area contributed by atoms with Gasteiger partial charge in [-0.15, -0.1) is 22.7 Å². The fourth-order valence-electron chi connectivity index (χ4n) is 4.37. The average molecular weight is 485 g/mol. The molecule has 2 aromatic heterocycles. The Hall–Kier alpha value is -2.51. The van der Waals surface area contributed by atoms with Crippen molar-refractivity contribution >= 4 is 34.5 Å². The van der Waals surface area contributed by atoms with Crippen LogP contribution in [0.4, 0.5) is 4.39 Å². The number of carbonyl (C=O) groups is 2. The normalized spacial score (nSPS) is 15.2. The number of nitrogens with one attached hydrogen (secondary N) is 1. The van der Waals surface area contributed by atoms with Gasteiger partial charge in [0.25, 0.3) is 0 Å². The van der Waals surface area contributed by atoms with Gasteiger partial charge in [0, 0.05) is 22.3 Å². The van der Waals surface area contributed by atoms with E-state index in [2.05, 4.69) is 5.32 Å². The predicted molar refractivity (Wildman–Crippen MR) is 132 cm³/mol. The highest BCUT2D eigenvalue weighted by atomic mass is 32.1. The van der Waals surface area contributed by atoms with E-state index < -0.39 is 6.04 Å². The molecule has 2 heterocycles. The van der Waals surface area contributed by atoms with Crippen molar-refractivity contribution in [2.75, 3.05) is 0 Å². The maximum Gasteiger partial charge on any atom is 0.248 e. The molecular weight excluding hydrogens is 455 g/mol. The Kier molecular flexibility index (Phi) is 7.93. The van der Waals surface area contributed by atoms with Crippen molar-refractivity contribution in [3.8, 4) is 0 Å². The SMILES string of the molecule is Cc1ccsc1C(C(=O)NC1CCCCC1)N(Cc1ccc(F)cc1)C(=O)Cc1cccs1. The number of rotatable bonds is 8. The molecule has 2 amide bonds. The first kappa shape index (κ1) is 23.6. The molecule has 1 saturated carbocycles. The van der Waals surface area contributed by atoms with Crippen molar-refractivity contribution < 1.29 is 14.0 Å². The van der Waals surface area contributed by atoms with E-state index in [-0.39, 0.29) is 36.6 Å². The summed E-state index contributed by atoms with van der Waals surface area (Å²) in [7, 11) is 0. The number of aryl methyl sites for hydroxylation is 1. The number of carbonyl (C=O) groups excluding carboxylic acids is 2. The molecule has 174 valence electrons. The Morgan fingerprint density at radius 2 is 1.82 bits per heavy atom. The lowest BCUT2D eigenvalue weighted by atomic mass is 9.95. The second kappa shape index (κ2) is 11.1. The molecule has 4 rings (SSSR count). The van der Waals surface area contributed by atoms with Crippen LogP contribution in [0.2, 0.25) is 0 Å². The molecule has 0 bridgehead atoms. The minimum atomic E-state index is -0.718. The molecule has 4 nitrogen and oxygen atoms in total. The van der Waals surface area contributed by atoms with Crippen LogP contribution in [-0.4, -0.2) is 22.8 Å². The highest BCUT2D eigenvalue weighted by Gasteiger charge is 2.34. The summed E-state index contributed by atoms with van der Waals surface area (Å²) >= 11 is 3.03. The number of halogens is 1. The number of thiophene rings is 2. The van der Waals surface area contributed by atoms with Gasteiger partial charge in [-0.25, -0.2) is 4.39 Å². The number of benzene rings is 1. The summed E-state index contributed by atoms with van der Waals surface area (Å²) in [5.74, 6) is -0.566. The van der Waals surface area contributed by atoms with Gasteiger partial charge >= 0.3 is 0 Å². The third-order valence-corrected chi connectivity index (χ3v) is 8.10. The zero-order valence-electron chi connectivity index (χ0n) is 18.8. The van der Waals surface area contributed by atoms with Gasteiger partial charge in [0.05, 0.1) is 6.42 Å². The molecule has 1 aliphatic carbocycles. The fourth-order valence-corrected chi connectivity index (χ4v) is 6.10. The van der Waals surface area contributed by atoms with Crippen LogP contribution < -0.4 is 5.32 Å². The Labute approximate surface area is 202 Å². The summed E-state index contributed by atoms with van der Waals surface area (Å²) in [4.78, 5) is 30.8. The first-order chi connectivity index (χ1) is 16.0. The Morgan fingerprint density at radius 1 is 1.06 bits per heavy atom. The van der Waals surface area contributed by atoms with E-state index in [0.29, 0.717) is 0 Å². The molecule has 1 aromatic carbocycles. The minimum absolute atomic E-state index is 0.113. The summed E-state index contributed by atoms with van der Waals surface area (Å²) in [6.45, 7) is 2.22. The molecule has 1 N–H and O–H groups in total. The third-order valence-electron chi connectivity index (χ3n) is 6.15. The molecule has 7 heteroatoms. The minimum Gasteiger partial charge on any atom is -0.351 e. The van der Waals surface area contributed by atoms with E-state index >= 15 is 0 Å². The standard InChI is InChI=1S/C26H29FN2O2S2/c1-18-13-15-33-25(18)24(26(31)28-21-6-3-2-4-7-21)29(17-19-9-11-20(27)12-10-19)23(30)16-22-8-5-14-32-22/h5,8-15,21,24H,2-4,6-7,16-17H2,1H3,(H,28,31). The second-order valence-corrected chi connectivity index (χ2v) is 10.6. The van der Waals surface area contributed by atoms with E-state index in [1.165, 1.54) is 41.2 Å². The summed E-state index contributed by atoms with van der Waals surface area (Å²) < 4.78 is 13.5. The fraction of sp³-hybridized carbons (Fsp3) is 0.385. The molecule has 0 spiro atoms. The second-order valence-electron chi connectivity index (χ2n) is 8.62. The summed E-state index contributed by atoms with van der Waals surface area (Å²) in [6, 6.07) is 11.4. The zero-order valence-corrected chi connectivity index (χ0v) is 20.4. The zero-order chi connectivity index (χ0) is 23.2. The quantitative estimate of drug-likeness (QED) is 0.425. The maximum absolute atomic E-state index is 13.7. The highest BCUT2D eigenvalue weighted by Crippen LogP contribution is 2.32. The van der Waals surface area contributed by atoms with E-state index in [4.69, 9.17) is 0 Å². The van der Waals surface area contributed by atoms with Crippen LogP contribution in [0.25, 0.3) is 0 Å². The lowest BCUT2D eigenvalue weighted by Gasteiger charge is -2.33. The van der Waals surface area contributed by atoms with Crippen LogP contribution in [0.5, 0.6) is 0 Å². The van der Waals surface area contributed by atoms with E-state index in [0.717, 1.165) is 46.6 Å². The van der Waals surface area contributed by atoms with Crippen LogP contribution in [0.3, 0.4) is 0 Å². The number of hydrogen-bond donors (Lipinski definition) is 1. The number of nitrogens with zero attached hydrogens (tertiary/aromatic N) is 1. The van der Waals surface area contributed by atoms with Crippen molar-refractivity contribution in [2.45, 2.75) is 64.1 Å². The predicted octanol–water partition coefficient (Wildman–Crippen LogP) is 6.02. The molecule has 3 aromatic rings. The number of amides is 2. The van der Waals surface area contributed by atoms with Crippen LogP contribution in [0.1, 0.15) is 59.0 Å². The monoisotopic (exact) mass is 484 g/mol. The van der Waals surface area contributed by atoms with E-state index in [9.17, 15) is 14.0 Å². The van der Waals surface area contributed by atoms with Gasteiger partial charge in [0.15, 0.2) is 0 Å². The summed E-state index contributed by atoms with van der Waals surface area (Å²) in [6.07, 6.45) is 5.62. The van der Waals surface area contributed by atoms with Gasteiger partial charge in [-0.1, -0.05) is 37.5 Å². The molecule has 1 unspecified atom stereocenters. The van der Waals surface area contributed by atoms with Crippen molar-refractivity contribution in [2.24, 2.45) is 0 Å². The van der Waals surface area contributed by atoms with Crippen molar-refractivity contribution in [3.63, 3.8) is 0 Å². The lowest BCUT2D eigenvalue weighted by Crippen LogP contribution is -2.47. The first-order valence-electron chi connectivity index (χ1n) is 11.4. The Bertz CT molecular complexity index is 1060. The summed E-state index contributed by atoms with van der Waals surface area (Å²) in [5, 5.41) is 7.15. The first-order valence-corrected chi connectivity index (χ1v) is 13.2. The van der Waals surface area contributed by atoms with Gasteiger partial charge in [-0.3, -0.25) is 9.59 Å². The van der Waals surface area contributed by atoms with Crippen LogP contribution in [-0.2, 0) is 22.6 Å². The average Bonchev–Trinajstić information content (AvgIpc) is 3.47. The van der Waals surface area contributed by atoms with Gasteiger partial charge in [-0.2, -0.15) is 0 Å². The van der Waals surface area contributed by atoms with Crippen molar-refractivity contribution in [3.05, 3.63) is 79.9 Å². The van der Waals surface area contributed by atoms with Crippen LogP contribution in [0.15, 0.2) is 53.2 Å². The largest absolute Gasteiger partial charge is 0.351 e. The summed E-state index contributed by atoms with van der Waals surface area (Å²) in [5.41, 5.74) is 1.79. The molecule has 1 fully saturated rings. The Morgan fingerprint density at radius 3 is 2.45 bits per heavy atom. The van der Waals surface area contributed by atoms with E-state index in [1.807, 2.05) is 35.9 Å². The topological polar surface area (TPSA) is 49.4 Å².